The van der Waals surface area contributed by atoms with Crippen LogP contribution in [0.2, 0.25) is 0 Å². The van der Waals surface area contributed by atoms with E-state index in [0.717, 1.165) is 12.0 Å². The fourth-order valence-electron chi connectivity index (χ4n) is 1.30. The molecule has 16 heavy (non-hydrogen) atoms. The molecule has 0 aliphatic rings. The van der Waals surface area contributed by atoms with Gasteiger partial charge in [0.1, 0.15) is 5.69 Å². The van der Waals surface area contributed by atoms with Crippen LogP contribution in [0.1, 0.15) is 26.2 Å². The Labute approximate surface area is 93.2 Å². The number of allylic oxidation sites excluding steroid dienone is 2. The SMILES string of the molecule is CCC=C(C)c1nc(-c2cnccn2)no1. The largest absolute Gasteiger partial charge is 0.334 e. The van der Waals surface area contributed by atoms with Crippen LogP contribution in [0, 0.1) is 0 Å². The first-order valence-corrected chi connectivity index (χ1v) is 5.08. The van der Waals surface area contributed by atoms with Gasteiger partial charge in [0.25, 0.3) is 5.89 Å². The van der Waals surface area contributed by atoms with Crippen molar-refractivity contribution in [3.63, 3.8) is 0 Å². The maximum absolute atomic E-state index is 5.14. The van der Waals surface area contributed by atoms with Gasteiger partial charge in [-0.3, -0.25) is 4.98 Å². The standard InChI is InChI=1S/C11H12N4O/c1-3-4-8(2)11-14-10(15-16-11)9-7-12-5-6-13-9/h4-7H,3H2,1-2H3. The van der Waals surface area contributed by atoms with Gasteiger partial charge in [-0.25, -0.2) is 4.98 Å². The van der Waals surface area contributed by atoms with Crippen LogP contribution < -0.4 is 0 Å². The highest BCUT2D eigenvalue weighted by Crippen LogP contribution is 2.16. The van der Waals surface area contributed by atoms with E-state index in [9.17, 15) is 0 Å². The summed E-state index contributed by atoms with van der Waals surface area (Å²) in [4.78, 5) is 12.3. The van der Waals surface area contributed by atoms with E-state index in [2.05, 4.69) is 27.0 Å². The van der Waals surface area contributed by atoms with E-state index in [0.29, 0.717) is 17.4 Å². The third-order valence-corrected chi connectivity index (χ3v) is 2.07. The van der Waals surface area contributed by atoms with Crippen molar-refractivity contribution in [3.05, 3.63) is 30.6 Å². The lowest BCUT2D eigenvalue weighted by molar-refractivity contribution is 0.408. The van der Waals surface area contributed by atoms with Crippen molar-refractivity contribution in [1.82, 2.24) is 20.1 Å². The van der Waals surface area contributed by atoms with Crippen molar-refractivity contribution < 1.29 is 4.52 Å². The summed E-state index contributed by atoms with van der Waals surface area (Å²) in [5.74, 6) is 0.995. The highest BCUT2D eigenvalue weighted by Gasteiger charge is 2.10. The Morgan fingerprint density at radius 2 is 2.31 bits per heavy atom. The maximum Gasteiger partial charge on any atom is 0.253 e. The Morgan fingerprint density at radius 3 is 3.00 bits per heavy atom. The molecule has 0 fully saturated rings. The molecule has 0 N–H and O–H groups in total. The Hall–Kier alpha value is -2.04. The van der Waals surface area contributed by atoms with Crippen LogP contribution in [-0.2, 0) is 0 Å². The lowest BCUT2D eigenvalue weighted by Gasteiger charge is -1.90. The molecule has 0 aliphatic carbocycles. The second-order valence-corrected chi connectivity index (χ2v) is 3.31. The topological polar surface area (TPSA) is 64.7 Å². The zero-order valence-corrected chi connectivity index (χ0v) is 9.21. The first-order valence-electron chi connectivity index (χ1n) is 5.08. The molecule has 0 spiro atoms. The van der Waals surface area contributed by atoms with Gasteiger partial charge in [0.2, 0.25) is 5.82 Å². The minimum atomic E-state index is 0.465. The number of hydrogen-bond acceptors (Lipinski definition) is 5. The molecule has 0 bridgehead atoms. The summed E-state index contributed by atoms with van der Waals surface area (Å²) in [5.41, 5.74) is 1.59. The molecule has 0 unspecified atom stereocenters. The fraction of sp³-hybridized carbons (Fsp3) is 0.273. The van der Waals surface area contributed by atoms with Crippen LogP contribution in [0.15, 0.2) is 29.2 Å². The molecular formula is C11H12N4O. The molecule has 0 saturated heterocycles. The summed E-state index contributed by atoms with van der Waals surface area (Å²) in [6.45, 7) is 4.00. The van der Waals surface area contributed by atoms with Gasteiger partial charge < -0.3 is 4.52 Å². The molecule has 2 rings (SSSR count). The summed E-state index contributed by atoms with van der Waals surface area (Å²) < 4.78 is 5.14. The summed E-state index contributed by atoms with van der Waals surface area (Å²) in [6, 6.07) is 0. The van der Waals surface area contributed by atoms with Crippen molar-refractivity contribution in [1.29, 1.82) is 0 Å². The zero-order valence-electron chi connectivity index (χ0n) is 9.21. The van der Waals surface area contributed by atoms with Gasteiger partial charge in [-0.05, 0) is 13.3 Å². The van der Waals surface area contributed by atoms with E-state index in [4.69, 9.17) is 4.52 Å². The molecule has 0 radical (unpaired) electrons. The molecule has 5 nitrogen and oxygen atoms in total. The van der Waals surface area contributed by atoms with Gasteiger partial charge in [-0.1, -0.05) is 18.2 Å². The van der Waals surface area contributed by atoms with Crippen LogP contribution in [0.4, 0.5) is 0 Å². The van der Waals surface area contributed by atoms with Crippen LogP contribution in [0.5, 0.6) is 0 Å². The van der Waals surface area contributed by atoms with Crippen molar-refractivity contribution in [2.24, 2.45) is 0 Å². The monoisotopic (exact) mass is 216 g/mol. The quantitative estimate of drug-likeness (QED) is 0.787. The van der Waals surface area contributed by atoms with E-state index in [1.807, 2.05) is 13.0 Å². The summed E-state index contributed by atoms with van der Waals surface area (Å²) in [7, 11) is 0. The molecule has 2 aromatic heterocycles. The maximum atomic E-state index is 5.14. The normalized spacial score (nSPS) is 11.8. The van der Waals surface area contributed by atoms with Gasteiger partial charge in [0, 0.05) is 18.0 Å². The molecule has 5 heteroatoms. The van der Waals surface area contributed by atoms with Crippen LogP contribution in [0.25, 0.3) is 17.1 Å². The van der Waals surface area contributed by atoms with Crippen molar-refractivity contribution in [3.8, 4) is 11.5 Å². The minimum absolute atomic E-state index is 0.465. The summed E-state index contributed by atoms with van der Waals surface area (Å²) in [5, 5.41) is 3.86. The van der Waals surface area contributed by atoms with Gasteiger partial charge in [-0.15, -0.1) is 0 Å². The molecule has 2 aromatic rings. The van der Waals surface area contributed by atoms with E-state index in [1.165, 1.54) is 0 Å². The van der Waals surface area contributed by atoms with Gasteiger partial charge in [0.15, 0.2) is 0 Å². The predicted molar refractivity (Wildman–Crippen MR) is 59.3 cm³/mol. The van der Waals surface area contributed by atoms with E-state index >= 15 is 0 Å². The zero-order chi connectivity index (χ0) is 11.4. The van der Waals surface area contributed by atoms with Crippen molar-refractivity contribution >= 4 is 5.57 Å². The number of hydrogen-bond donors (Lipinski definition) is 0. The second kappa shape index (κ2) is 4.65. The molecular weight excluding hydrogens is 204 g/mol. The third-order valence-electron chi connectivity index (χ3n) is 2.07. The Kier molecular flexibility index (Phi) is 3.05. The smallest absolute Gasteiger partial charge is 0.253 e. The lowest BCUT2D eigenvalue weighted by Crippen LogP contribution is -1.86. The molecule has 0 atom stereocenters. The van der Waals surface area contributed by atoms with Crippen LogP contribution in [-0.4, -0.2) is 20.1 Å². The van der Waals surface area contributed by atoms with E-state index in [-0.39, 0.29) is 0 Å². The van der Waals surface area contributed by atoms with Crippen molar-refractivity contribution in [2.45, 2.75) is 20.3 Å². The Bertz CT molecular complexity index is 490. The van der Waals surface area contributed by atoms with Gasteiger partial charge >= 0.3 is 0 Å². The Balaban J connectivity index is 2.30. The number of aromatic nitrogens is 4. The van der Waals surface area contributed by atoms with Crippen LogP contribution in [0.3, 0.4) is 0 Å². The molecule has 0 aromatic carbocycles. The lowest BCUT2D eigenvalue weighted by atomic mass is 10.2. The van der Waals surface area contributed by atoms with E-state index in [1.54, 1.807) is 18.6 Å². The summed E-state index contributed by atoms with van der Waals surface area (Å²) in [6.07, 6.45) is 7.78. The number of nitrogens with zero attached hydrogens (tertiary/aromatic N) is 4. The average Bonchev–Trinajstić information content (AvgIpc) is 2.80. The second-order valence-electron chi connectivity index (χ2n) is 3.31. The highest BCUT2D eigenvalue weighted by atomic mass is 16.5. The summed E-state index contributed by atoms with van der Waals surface area (Å²) >= 11 is 0. The first-order chi connectivity index (χ1) is 7.81. The van der Waals surface area contributed by atoms with Crippen molar-refractivity contribution in [2.75, 3.05) is 0 Å². The number of rotatable bonds is 3. The molecule has 2 heterocycles. The Morgan fingerprint density at radius 1 is 1.44 bits per heavy atom. The van der Waals surface area contributed by atoms with Gasteiger partial charge in [0.05, 0.1) is 6.20 Å². The van der Waals surface area contributed by atoms with E-state index < -0.39 is 0 Å². The molecule has 0 amide bonds. The highest BCUT2D eigenvalue weighted by molar-refractivity contribution is 5.58. The van der Waals surface area contributed by atoms with Gasteiger partial charge in [-0.2, -0.15) is 4.98 Å². The fourth-order valence-corrected chi connectivity index (χ4v) is 1.30. The molecule has 0 aliphatic heterocycles. The average molecular weight is 216 g/mol. The molecule has 0 saturated carbocycles. The molecule has 82 valence electrons. The van der Waals surface area contributed by atoms with Crippen LogP contribution >= 0.6 is 0 Å². The minimum Gasteiger partial charge on any atom is -0.334 e. The first kappa shape index (κ1) is 10.5. The third kappa shape index (κ3) is 2.13. The predicted octanol–water partition coefficient (Wildman–Crippen LogP) is 2.34.